The summed E-state index contributed by atoms with van der Waals surface area (Å²) in [4.78, 5) is 0. The van der Waals surface area contributed by atoms with Crippen LogP contribution in [-0.2, 0) is 0 Å². The Morgan fingerprint density at radius 3 is 2.80 bits per heavy atom. The van der Waals surface area contributed by atoms with Gasteiger partial charge in [0, 0.05) is 16.5 Å². The van der Waals surface area contributed by atoms with Crippen LogP contribution >= 0.6 is 11.6 Å². The summed E-state index contributed by atoms with van der Waals surface area (Å²) in [6.45, 7) is 6.93. The largest absolute Gasteiger partial charge is 0.409 e. The Labute approximate surface area is 126 Å². The Kier molecular flexibility index (Phi) is 6.30. The summed E-state index contributed by atoms with van der Waals surface area (Å²) in [5, 5.41) is 16.0. The topological polar surface area (TPSA) is 70.6 Å². The molecule has 1 atom stereocenters. The van der Waals surface area contributed by atoms with Crippen molar-refractivity contribution in [1.82, 2.24) is 5.32 Å². The first-order valence-corrected chi connectivity index (χ1v) is 7.21. The van der Waals surface area contributed by atoms with Gasteiger partial charge in [0.15, 0.2) is 0 Å². The molecule has 0 aliphatic carbocycles. The van der Waals surface area contributed by atoms with Crippen molar-refractivity contribution in [3.05, 3.63) is 34.9 Å². The molecule has 0 aromatic heterocycles. The Hall–Kier alpha value is -1.26. The summed E-state index contributed by atoms with van der Waals surface area (Å²) in [5.41, 5.74) is 6.56. The maximum Gasteiger partial charge on any atom is 0.144 e. The van der Waals surface area contributed by atoms with E-state index in [9.17, 15) is 0 Å². The molecule has 0 heterocycles. The lowest BCUT2D eigenvalue weighted by Gasteiger charge is -2.23. The highest BCUT2D eigenvalue weighted by Crippen LogP contribution is 2.22. The van der Waals surface area contributed by atoms with E-state index in [1.165, 1.54) is 5.56 Å². The molecule has 0 unspecified atom stereocenters. The van der Waals surface area contributed by atoms with Gasteiger partial charge >= 0.3 is 0 Å². The number of nitrogens with two attached hydrogens (primary N) is 1. The Bertz CT molecular complexity index is 460. The van der Waals surface area contributed by atoms with Crippen molar-refractivity contribution in [2.24, 2.45) is 16.3 Å². The van der Waals surface area contributed by atoms with Gasteiger partial charge in [0.25, 0.3) is 0 Å². The number of benzene rings is 1. The van der Waals surface area contributed by atoms with Crippen molar-refractivity contribution < 1.29 is 5.21 Å². The van der Waals surface area contributed by atoms with Crippen LogP contribution in [0.3, 0.4) is 0 Å². The zero-order chi connectivity index (χ0) is 15.2. The maximum absolute atomic E-state index is 8.72. The fourth-order valence-electron chi connectivity index (χ4n) is 2.01. The fourth-order valence-corrected chi connectivity index (χ4v) is 2.20. The highest BCUT2D eigenvalue weighted by atomic mass is 35.5. The number of hydrogen-bond donors (Lipinski definition) is 3. The van der Waals surface area contributed by atoms with Crippen LogP contribution in [0.5, 0.6) is 0 Å². The zero-order valence-electron chi connectivity index (χ0n) is 12.4. The van der Waals surface area contributed by atoms with Crippen molar-refractivity contribution in [3.8, 4) is 0 Å². The molecule has 0 aliphatic heterocycles. The lowest BCUT2D eigenvalue weighted by Crippen LogP contribution is -2.32. The van der Waals surface area contributed by atoms with Crippen LogP contribution in [0.4, 0.5) is 0 Å². The second-order valence-electron chi connectivity index (χ2n) is 5.70. The fraction of sp³-hybridized carbons (Fsp3) is 0.533. The van der Waals surface area contributed by atoms with E-state index in [4.69, 9.17) is 22.5 Å². The van der Waals surface area contributed by atoms with Gasteiger partial charge in [-0.05, 0) is 44.0 Å². The van der Waals surface area contributed by atoms with Gasteiger partial charge in [0.1, 0.15) is 5.84 Å². The van der Waals surface area contributed by atoms with E-state index in [0.717, 1.165) is 24.4 Å². The molecule has 0 amide bonds. The second kappa shape index (κ2) is 7.50. The molecule has 4 N–H and O–H groups in total. The van der Waals surface area contributed by atoms with E-state index in [0.29, 0.717) is 0 Å². The van der Waals surface area contributed by atoms with E-state index in [2.05, 4.69) is 23.5 Å². The SMILES string of the molecule is C[C@@H](NCCCC(C)(C)/C(N)=N/O)c1cccc(Cl)c1. The molecule has 0 aliphatic rings. The molecule has 112 valence electrons. The van der Waals surface area contributed by atoms with Crippen molar-refractivity contribution in [3.63, 3.8) is 0 Å². The van der Waals surface area contributed by atoms with Crippen LogP contribution in [0, 0.1) is 5.41 Å². The van der Waals surface area contributed by atoms with E-state index in [-0.39, 0.29) is 17.3 Å². The number of nitrogens with zero attached hydrogens (tertiary/aromatic N) is 1. The molecule has 0 bridgehead atoms. The molecule has 4 nitrogen and oxygen atoms in total. The minimum atomic E-state index is -0.282. The Morgan fingerprint density at radius 1 is 1.50 bits per heavy atom. The van der Waals surface area contributed by atoms with Crippen LogP contribution < -0.4 is 11.1 Å². The van der Waals surface area contributed by atoms with E-state index >= 15 is 0 Å². The first-order chi connectivity index (χ1) is 9.36. The average molecular weight is 298 g/mol. The average Bonchev–Trinajstić information content (AvgIpc) is 2.42. The van der Waals surface area contributed by atoms with Gasteiger partial charge < -0.3 is 16.3 Å². The summed E-state index contributed by atoms with van der Waals surface area (Å²) in [5.74, 6) is 0.278. The van der Waals surface area contributed by atoms with Crippen molar-refractivity contribution in [1.29, 1.82) is 0 Å². The summed E-state index contributed by atoms with van der Waals surface area (Å²) >= 11 is 5.98. The standard InChI is InChI=1S/C15H24ClN3O/c1-11(12-6-4-7-13(16)10-12)18-9-5-8-15(2,3)14(17)19-20/h4,6-7,10-11,18,20H,5,8-9H2,1-3H3,(H2,17,19)/t11-/m1/s1. The lowest BCUT2D eigenvalue weighted by molar-refractivity contribution is 0.304. The van der Waals surface area contributed by atoms with Gasteiger partial charge in [0.05, 0.1) is 0 Å². The number of oxime groups is 1. The normalized spacial score (nSPS) is 14.3. The van der Waals surface area contributed by atoms with Crippen LogP contribution in [-0.4, -0.2) is 17.6 Å². The molecule has 5 heteroatoms. The summed E-state index contributed by atoms with van der Waals surface area (Å²) in [6.07, 6.45) is 1.81. The number of hydrogen-bond acceptors (Lipinski definition) is 3. The molecule has 20 heavy (non-hydrogen) atoms. The van der Waals surface area contributed by atoms with E-state index in [1.54, 1.807) is 0 Å². The highest BCUT2D eigenvalue weighted by Gasteiger charge is 2.22. The quantitative estimate of drug-likeness (QED) is 0.237. The first-order valence-electron chi connectivity index (χ1n) is 6.83. The number of rotatable bonds is 7. The summed E-state index contributed by atoms with van der Waals surface area (Å²) in [7, 11) is 0. The summed E-state index contributed by atoms with van der Waals surface area (Å²) in [6, 6.07) is 8.11. The minimum Gasteiger partial charge on any atom is -0.409 e. The van der Waals surface area contributed by atoms with Crippen LogP contribution in [0.25, 0.3) is 0 Å². The number of nitrogens with one attached hydrogen (secondary N) is 1. The van der Waals surface area contributed by atoms with E-state index in [1.807, 2.05) is 32.0 Å². The van der Waals surface area contributed by atoms with Crippen LogP contribution in [0.2, 0.25) is 5.02 Å². The van der Waals surface area contributed by atoms with Crippen molar-refractivity contribution in [2.45, 2.75) is 39.7 Å². The van der Waals surface area contributed by atoms with Crippen LogP contribution in [0.15, 0.2) is 29.4 Å². The molecule has 1 aromatic carbocycles. The molecule has 0 spiro atoms. The van der Waals surface area contributed by atoms with Crippen LogP contribution in [0.1, 0.15) is 45.2 Å². The second-order valence-corrected chi connectivity index (χ2v) is 6.14. The minimum absolute atomic E-state index is 0.251. The Balaban J connectivity index is 2.38. The summed E-state index contributed by atoms with van der Waals surface area (Å²) < 4.78 is 0. The number of amidine groups is 1. The molecule has 0 radical (unpaired) electrons. The predicted octanol–water partition coefficient (Wildman–Crippen LogP) is 3.54. The van der Waals surface area contributed by atoms with Gasteiger partial charge in [-0.25, -0.2) is 0 Å². The molecule has 1 rings (SSSR count). The third-order valence-corrected chi connectivity index (χ3v) is 3.81. The predicted molar refractivity (Wildman–Crippen MR) is 84.3 cm³/mol. The molecule has 0 saturated carbocycles. The molecule has 1 aromatic rings. The molecular formula is C15H24ClN3O. The third kappa shape index (κ3) is 5.02. The monoisotopic (exact) mass is 297 g/mol. The first kappa shape index (κ1) is 16.8. The van der Waals surface area contributed by atoms with Crippen molar-refractivity contribution in [2.75, 3.05) is 6.54 Å². The van der Waals surface area contributed by atoms with Gasteiger partial charge in [-0.15, -0.1) is 0 Å². The zero-order valence-corrected chi connectivity index (χ0v) is 13.1. The maximum atomic E-state index is 8.72. The molecule has 0 saturated heterocycles. The third-order valence-electron chi connectivity index (χ3n) is 3.58. The lowest BCUT2D eigenvalue weighted by atomic mass is 9.86. The Morgan fingerprint density at radius 2 is 2.20 bits per heavy atom. The number of halogens is 1. The van der Waals surface area contributed by atoms with Gasteiger partial charge in [-0.2, -0.15) is 0 Å². The van der Waals surface area contributed by atoms with E-state index < -0.39 is 0 Å². The van der Waals surface area contributed by atoms with Gasteiger partial charge in [-0.1, -0.05) is 42.7 Å². The molecule has 0 fully saturated rings. The van der Waals surface area contributed by atoms with Gasteiger partial charge in [0.2, 0.25) is 0 Å². The molecular weight excluding hydrogens is 274 g/mol. The van der Waals surface area contributed by atoms with Gasteiger partial charge in [-0.3, -0.25) is 0 Å². The smallest absolute Gasteiger partial charge is 0.144 e. The van der Waals surface area contributed by atoms with Crippen molar-refractivity contribution >= 4 is 17.4 Å². The highest BCUT2D eigenvalue weighted by molar-refractivity contribution is 6.30.